The highest BCUT2D eigenvalue weighted by atomic mass is 32.1. The van der Waals surface area contributed by atoms with Gasteiger partial charge in [0.1, 0.15) is 17.0 Å². The molecule has 0 radical (unpaired) electrons. The molecule has 0 saturated heterocycles. The smallest absolute Gasteiger partial charge is 0.271 e. The Morgan fingerprint density at radius 1 is 1.33 bits per heavy atom. The van der Waals surface area contributed by atoms with Crippen molar-refractivity contribution in [2.24, 2.45) is 0 Å². The first-order valence-electron chi connectivity index (χ1n) is 8.99. The molecule has 1 aromatic carbocycles. The zero-order chi connectivity index (χ0) is 19.4. The molecule has 1 N–H and O–H groups in total. The summed E-state index contributed by atoms with van der Waals surface area (Å²) in [6, 6.07) is 7.50. The fraction of sp³-hybridized carbons (Fsp3) is 0.350. The van der Waals surface area contributed by atoms with Gasteiger partial charge in [0.25, 0.3) is 5.56 Å². The number of fused-ring (bicyclic) bond motifs is 1. The summed E-state index contributed by atoms with van der Waals surface area (Å²) in [5.74, 6) is 0.533. The predicted octanol–water partition coefficient (Wildman–Crippen LogP) is 3.43. The second kappa shape index (κ2) is 8.35. The number of thiophene rings is 1. The standard InChI is InChI=1S/C20H23N3O3S/c1-4-15(14-8-6-7-9-16(14)26-5-2)22-17(24)10-23-12-21-18-13(3)11-27-19(18)20(23)25/h6-9,11-12,15H,4-5,10H2,1-3H3,(H,22,24)/t15-/m1/s1. The topological polar surface area (TPSA) is 73.2 Å². The lowest BCUT2D eigenvalue weighted by atomic mass is 10.0. The Bertz CT molecular complexity index is 1010. The molecule has 142 valence electrons. The van der Waals surface area contributed by atoms with Crippen LogP contribution in [0.15, 0.2) is 40.8 Å². The number of para-hydroxylation sites is 1. The minimum absolute atomic E-state index is 0.0635. The van der Waals surface area contributed by atoms with E-state index in [1.54, 1.807) is 0 Å². The van der Waals surface area contributed by atoms with Gasteiger partial charge in [-0.05, 0) is 37.3 Å². The van der Waals surface area contributed by atoms with E-state index in [-0.39, 0.29) is 24.1 Å². The Morgan fingerprint density at radius 2 is 2.11 bits per heavy atom. The number of carbonyl (C=O) groups excluding carboxylic acids is 1. The summed E-state index contributed by atoms with van der Waals surface area (Å²) in [4.78, 5) is 29.5. The average molecular weight is 385 g/mol. The van der Waals surface area contributed by atoms with Crippen LogP contribution in [0, 0.1) is 6.92 Å². The molecule has 3 aromatic rings. The third-order valence-corrected chi connectivity index (χ3v) is 5.45. The van der Waals surface area contributed by atoms with Crippen molar-refractivity contribution in [3.05, 3.63) is 57.5 Å². The largest absolute Gasteiger partial charge is 0.494 e. The van der Waals surface area contributed by atoms with Crippen molar-refractivity contribution >= 4 is 27.5 Å². The molecule has 0 aliphatic rings. The van der Waals surface area contributed by atoms with Crippen molar-refractivity contribution in [3.8, 4) is 5.75 Å². The van der Waals surface area contributed by atoms with Crippen molar-refractivity contribution in [1.29, 1.82) is 0 Å². The van der Waals surface area contributed by atoms with Crippen LogP contribution in [0.25, 0.3) is 10.2 Å². The van der Waals surface area contributed by atoms with Gasteiger partial charge in [-0.1, -0.05) is 25.1 Å². The fourth-order valence-electron chi connectivity index (χ4n) is 3.02. The van der Waals surface area contributed by atoms with Crippen LogP contribution in [0.2, 0.25) is 0 Å². The van der Waals surface area contributed by atoms with Crippen molar-refractivity contribution in [1.82, 2.24) is 14.9 Å². The van der Waals surface area contributed by atoms with Gasteiger partial charge in [0.15, 0.2) is 0 Å². The van der Waals surface area contributed by atoms with Gasteiger partial charge >= 0.3 is 0 Å². The molecule has 3 rings (SSSR count). The third-order valence-electron chi connectivity index (χ3n) is 4.38. The van der Waals surface area contributed by atoms with Crippen molar-refractivity contribution < 1.29 is 9.53 Å². The van der Waals surface area contributed by atoms with Crippen LogP contribution >= 0.6 is 11.3 Å². The fourth-order valence-corrected chi connectivity index (χ4v) is 3.97. The highest BCUT2D eigenvalue weighted by Gasteiger charge is 2.18. The highest BCUT2D eigenvalue weighted by Crippen LogP contribution is 2.27. The number of ether oxygens (including phenoxy) is 1. The van der Waals surface area contributed by atoms with Crippen LogP contribution in [0.4, 0.5) is 0 Å². The first kappa shape index (κ1) is 19.1. The lowest BCUT2D eigenvalue weighted by Gasteiger charge is -2.20. The van der Waals surface area contributed by atoms with Crippen LogP contribution < -0.4 is 15.6 Å². The summed E-state index contributed by atoms with van der Waals surface area (Å²) >= 11 is 1.36. The van der Waals surface area contributed by atoms with Crippen LogP contribution in [0.5, 0.6) is 5.75 Å². The Hall–Kier alpha value is -2.67. The lowest BCUT2D eigenvalue weighted by molar-refractivity contribution is -0.122. The van der Waals surface area contributed by atoms with Gasteiger partial charge < -0.3 is 10.1 Å². The molecule has 0 fully saturated rings. The third kappa shape index (κ3) is 4.03. The molecule has 0 saturated carbocycles. The highest BCUT2D eigenvalue weighted by molar-refractivity contribution is 7.17. The van der Waals surface area contributed by atoms with Gasteiger partial charge in [-0.3, -0.25) is 14.2 Å². The molecule has 0 spiro atoms. The molecule has 1 amide bonds. The lowest BCUT2D eigenvalue weighted by Crippen LogP contribution is -2.34. The summed E-state index contributed by atoms with van der Waals surface area (Å²) in [5.41, 5.74) is 2.43. The second-order valence-corrected chi connectivity index (χ2v) is 7.15. The van der Waals surface area contributed by atoms with E-state index in [0.717, 1.165) is 16.9 Å². The van der Waals surface area contributed by atoms with E-state index in [1.165, 1.54) is 22.2 Å². The number of nitrogens with zero attached hydrogens (tertiary/aromatic N) is 2. The summed E-state index contributed by atoms with van der Waals surface area (Å²) in [7, 11) is 0. The first-order valence-corrected chi connectivity index (χ1v) is 9.87. The van der Waals surface area contributed by atoms with Crippen molar-refractivity contribution in [2.45, 2.75) is 39.8 Å². The maximum Gasteiger partial charge on any atom is 0.271 e. The minimum atomic E-state index is -0.232. The molecule has 2 heterocycles. The van der Waals surface area contributed by atoms with E-state index in [2.05, 4.69) is 10.3 Å². The maximum atomic E-state index is 12.6. The molecule has 6 nitrogen and oxygen atoms in total. The number of amides is 1. The van der Waals surface area contributed by atoms with Crippen molar-refractivity contribution in [3.63, 3.8) is 0 Å². The SMILES string of the molecule is CCOc1ccccc1[C@@H](CC)NC(=O)Cn1cnc2c(C)csc2c1=O. The summed E-state index contributed by atoms with van der Waals surface area (Å²) in [6.07, 6.45) is 2.16. The molecule has 0 bridgehead atoms. The number of hydrogen-bond donors (Lipinski definition) is 1. The van der Waals surface area contributed by atoms with Crippen molar-refractivity contribution in [2.75, 3.05) is 6.61 Å². The second-order valence-electron chi connectivity index (χ2n) is 6.27. The predicted molar refractivity (Wildman–Crippen MR) is 107 cm³/mol. The van der Waals surface area contributed by atoms with Crippen LogP contribution in [-0.2, 0) is 11.3 Å². The van der Waals surface area contributed by atoms with E-state index in [0.29, 0.717) is 23.2 Å². The van der Waals surface area contributed by atoms with Gasteiger partial charge in [0, 0.05) is 5.56 Å². The molecular formula is C20H23N3O3S. The van der Waals surface area contributed by atoms with Crippen LogP contribution in [-0.4, -0.2) is 22.1 Å². The normalized spacial score (nSPS) is 12.1. The number of hydrogen-bond acceptors (Lipinski definition) is 5. The molecule has 0 aliphatic heterocycles. The summed E-state index contributed by atoms with van der Waals surface area (Å²) < 4.78 is 7.61. The van der Waals surface area contributed by atoms with Gasteiger partial charge in [-0.15, -0.1) is 11.3 Å². The van der Waals surface area contributed by atoms with E-state index >= 15 is 0 Å². The van der Waals surface area contributed by atoms with E-state index in [4.69, 9.17) is 4.74 Å². The number of aryl methyl sites for hydroxylation is 1. The monoisotopic (exact) mass is 385 g/mol. The Kier molecular flexibility index (Phi) is 5.91. The van der Waals surface area contributed by atoms with E-state index in [9.17, 15) is 9.59 Å². The van der Waals surface area contributed by atoms with Crippen LogP contribution in [0.1, 0.15) is 37.4 Å². The number of aromatic nitrogens is 2. The quantitative estimate of drug-likeness (QED) is 0.676. The van der Waals surface area contributed by atoms with Gasteiger partial charge in [-0.2, -0.15) is 0 Å². The number of rotatable bonds is 7. The minimum Gasteiger partial charge on any atom is -0.494 e. The maximum absolute atomic E-state index is 12.6. The molecule has 0 unspecified atom stereocenters. The molecule has 2 aromatic heterocycles. The first-order chi connectivity index (χ1) is 13.0. The van der Waals surface area contributed by atoms with Gasteiger partial charge in [0.05, 0.1) is 24.5 Å². The zero-order valence-electron chi connectivity index (χ0n) is 15.7. The Labute approximate surface area is 161 Å². The molecule has 1 atom stereocenters. The molecule has 0 aliphatic carbocycles. The van der Waals surface area contributed by atoms with Gasteiger partial charge in [0.2, 0.25) is 5.91 Å². The number of nitrogens with one attached hydrogen (secondary N) is 1. The molecule has 27 heavy (non-hydrogen) atoms. The summed E-state index contributed by atoms with van der Waals surface area (Å²) in [5, 5.41) is 4.91. The average Bonchev–Trinajstić information content (AvgIpc) is 3.05. The zero-order valence-corrected chi connectivity index (χ0v) is 16.5. The van der Waals surface area contributed by atoms with E-state index < -0.39 is 0 Å². The van der Waals surface area contributed by atoms with Crippen LogP contribution in [0.3, 0.4) is 0 Å². The Balaban J connectivity index is 1.79. The summed E-state index contributed by atoms with van der Waals surface area (Å²) in [6.45, 7) is 6.35. The van der Waals surface area contributed by atoms with E-state index in [1.807, 2.05) is 50.4 Å². The Morgan fingerprint density at radius 3 is 2.85 bits per heavy atom. The molecule has 7 heteroatoms. The molecular weight excluding hydrogens is 362 g/mol. The van der Waals surface area contributed by atoms with Gasteiger partial charge in [-0.25, -0.2) is 4.98 Å². The number of carbonyl (C=O) groups is 1. The number of benzene rings is 1.